The largest absolute Gasteiger partial charge is 0.339 e. The molecule has 0 amide bonds. The van der Waals surface area contributed by atoms with Gasteiger partial charge in [0.2, 0.25) is 11.8 Å². The minimum absolute atomic E-state index is 0.0866. The molecule has 0 aliphatic rings. The molecule has 8 nitrogen and oxygen atoms in total. The lowest BCUT2D eigenvalue weighted by atomic mass is 9.82. The molecule has 182 valence electrons. The van der Waals surface area contributed by atoms with Crippen molar-refractivity contribution in [2.45, 2.75) is 117 Å². The van der Waals surface area contributed by atoms with Gasteiger partial charge in [0.1, 0.15) is 10.0 Å². The average molecular weight is 475 g/mol. The van der Waals surface area contributed by atoms with E-state index in [1.807, 2.05) is 13.8 Å². The highest BCUT2D eigenvalue weighted by molar-refractivity contribution is 7.11. The molecule has 0 aromatic carbocycles. The van der Waals surface area contributed by atoms with Crippen LogP contribution in [0.3, 0.4) is 0 Å². The van der Waals surface area contributed by atoms with Crippen molar-refractivity contribution in [2.24, 2.45) is 0 Å². The molecule has 0 bridgehead atoms. The summed E-state index contributed by atoms with van der Waals surface area (Å²) in [5, 5.41) is 19.4. The van der Waals surface area contributed by atoms with Crippen molar-refractivity contribution >= 4 is 11.3 Å². The second-order valence-electron chi connectivity index (χ2n) is 11.2. The summed E-state index contributed by atoms with van der Waals surface area (Å²) < 4.78 is 11.2. The van der Waals surface area contributed by atoms with Gasteiger partial charge in [-0.15, -0.1) is 21.5 Å². The van der Waals surface area contributed by atoms with E-state index in [0.29, 0.717) is 29.3 Å². The normalized spacial score (nSPS) is 14.9. The van der Waals surface area contributed by atoms with Crippen LogP contribution < -0.4 is 0 Å². The summed E-state index contributed by atoms with van der Waals surface area (Å²) in [5.74, 6) is 3.70. The summed E-state index contributed by atoms with van der Waals surface area (Å²) in [6, 6.07) is 0. The maximum atomic E-state index is 5.74. The van der Waals surface area contributed by atoms with Crippen LogP contribution in [-0.2, 0) is 10.8 Å². The van der Waals surface area contributed by atoms with Crippen LogP contribution in [0.2, 0.25) is 0 Å². The van der Waals surface area contributed by atoms with Crippen molar-refractivity contribution in [1.82, 2.24) is 30.5 Å². The molecule has 0 radical (unpaired) electrons. The van der Waals surface area contributed by atoms with E-state index in [4.69, 9.17) is 14.0 Å². The quantitative estimate of drug-likeness (QED) is 0.328. The van der Waals surface area contributed by atoms with E-state index in [-0.39, 0.29) is 28.6 Å². The van der Waals surface area contributed by atoms with Gasteiger partial charge in [-0.25, -0.2) is 0 Å². The van der Waals surface area contributed by atoms with Crippen LogP contribution in [0.5, 0.6) is 0 Å². The van der Waals surface area contributed by atoms with Crippen molar-refractivity contribution in [3.63, 3.8) is 0 Å². The first-order valence-corrected chi connectivity index (χ1v) is 12.6. The molecule has 0 N–H and O–H groups in total. The highest BCUT2D eigenvalue weighted by Gasteiger charge is 2.34. The lowest BCUT2D eigenvalue weighted by molar-refractivity contribution is 0.283. The van der Waals surface area contributed by atoms with Crippen LogP contribution in [-0.4, -0.2) is 30.5 Å². The minimum Gasteiger partial charge on any atom is -0.339 e. The smallest absolute Gasteiger partial charge is 0.232 e. The van der Waals surface area contributed by atoms with E-state index in [9.17, 15) is 0 Å². The fourth-order valence-corrected chi connectivity index (χ4v) is 4.92. The first kappa shape index (κ1) is 25.5. The van der Waals surface area contributed by atoms with Gasteiger partial charge < -0.3 is 9.05 Å². The Morgan fingerprint density at radius 3 is 1.94 bits per heavy atom. The Bertz CT molecular complexity index is 1050. The van der Waals surface area contributed by atoms with E-state index in [1.165, 1.54) is 0 Å². The summed E-state index contributed by atoms with van der Waals surface area (Å²) in [4.78, 5) is 9.39. The Balaban J connectivity index is 1.68. The fraction of sp³-hybridized carbons (Fsp3) is 0.750. The maximum Gasteiger partial charge on any atom is 0.232 e. The van der Waals surface area contributed by atoms with Crippen LogP contribution in [0.25, 0.3) is 0 Å². The summed E-state index contributed by atoms with van der Waals surface area (Å²) in [7, 11) is 0. The van der Waals surface area contributed by atoms with Crippen molar-refractivity contribution in [1.29, 1.82) is 0 Å². The summed E-state index contributed by atoms with van der Waals surface area (Å²) in [6.45, 7) is 21.2. The van der Waals surface area contributed by atoms with E-state index in [1.54, 1.807) is 11.3 Å². The van der Waals surface area contributed by atoms with Gasteiger partial charge in [0.15, 0.2) is 11.6 Å². The lowest BCUT2D eigenvalue weighted by Gasteiger charge is -2.23. The minimum atomic E-state index is -0.274. The van der Waals surface area contributed by atoms with Crippen LogP contribution >= 0.6 is 11.3 Å². The molecule has 3 aromatic rings. The molecule has 0 spiro atoms. The van der Waals surface area contributed by atoms with Crippen molar-refractivity contribution < 1.29 is 9.05 Å². The molecule has 3 heterocycles. The van der Waals surface area contributed by atoms with Crippen molar-refractivity contribution in [3.05, 3.63) is 33.4 Å². The van der Waals surface area contributed by atoms with Gasteiger partial charge in [0, 0.05) is 34.5 Å². The molecular formula is C24H38N6O2S. The fourth-order valence-electron chi connectivity index (χ4n) is 4.02. The Morgan fingerprint density at radius 1 is 0.727 bits per heavy atom. The van der Waals surface area contributed by atoms with E-state index in [0.717, 1.165) is 22.9 Å². The third-order valence-corrected chi connectivity index (χ3v) is 7.46. The molecule has 2 atom stereocenters. The van der Waals surface area contributed by atoms with Crippen LogP contribution in [0, 0.1) is 0 Å². The Morgan fingerprint density at radius 2 is 1.36 bits per heavy atom. The molecule has 3 rings (SSSR count). The van der Waals surface area contributed by atoms with Crippen LogP contribution in [0.1, 0.15) is 139 Å². The number of nitrogens with zero attached hydrogens (tertiary/aromatic N) is 6. The highest BCUT2D eigenvalue weighted by atomic mass is 32.1. The van der Waals surface area contributed by atoms with Gasteiger partial charge in [-0.2, -0.15) is 9.97 Å². The lowest BCUT2D eigenvalue weighted by Crippen LogP contribution is -2.23. The molecule has 0 saturated carbocycles. The predicted molar refractivity (Wildman–Crippen MR) is 129 cm³/mol. The zero-order chi connectivity index (χ0) is 24.6. The molecular weight excluding hydrogens is 436 g/mol. The molecule has 0 aliphatic carbocycles. The number of hydrogen-bond donors (Lipinski definition) is 0. The topological polar surface area (TPSA) is 104 Å². The first-order valence-electron chi connectivity index (χ1n) is 11.8. The summed E-state index contributed by atoms with van der Waals surface area (Å²) in [6.07, 6.45) is 1.63. The molecule has 33 heavy (non-hydrogen) atoms. The third kappa shape index (κ3) is 5.86. The molecule has 0 aliphatic heterocycles. The van der Waals surface area contributed by atoms with E-state index in [2.05, 4.69) is 80.9 Å². The number of hydrogen-bond acceptors (Lipinski definition) is 9. The van der Waals surface area contributed by atoms with Gasteiger partial charge in [-0.05, 0) is 12.8 Å². The van der Waals surface area contributed by atoms with E-state index < -0.39 is 0 Å². The Hall–Kier alpha value is -2.16. The third-order valence-electron chi connectivity index (χ3n) is 6.01. The second kappa shape index (κ2) is 9.60. The zero-order valence-electron chi connectivity index (χ0n) is 21.6. The van der Waals surface area contributed by atoms with Gasteiger partial charge >= 0.3 is 0 Å². The van der Waals surface area contributed by atoms with Crippen molar-refractivity contribution in [3.8, 4) is 0 Å². The zero-order valence-corrected chi connectivity index (χ0v) is 22.4. The Kier molecular flexibility index (Phi) is 7.41. The first-order chi connectivity index (χ1) is 15.3. The maximum absolute atomic E-state index is 5.74. The van der Waals surface area contributed by atoms with Crippen LogP contribution in [0.4, 0.5) is 0 Å². The Labute approximate surface area is 201 Å². The van der Waals surface area contributed by atoms with Gasteiger partial charge in [0.05, 0.1) is 0 Å². The summed E-state index contributed by atoms with van der Waals surface area (Å²) in [5.41, 5.74) is -0.545. The monoisotopic (exact) mass is 474 g/mol. The van der Waals surface area contributed by atoms with Gasteiger partial charge in [0.25, 0.3) is 0 Å². The number of rotatable bonds is 10. The molecule has 0 saturated heterocycles. The SMILES string of the molecule is CC(C)c1nc(C(C)(C)CC(C)c2noc(C(C)(C)CC(C)c3nnc(C(C)C)s3)n2)no1. The predicted octanol–water partition coefficient (Wildman–Crippen LogP) is 6.49. The summed E-state index contributed by atoms with van der Waals surface area (Å²) >= 11 is 1.69. The number of aromatic nitrogens is 6. The molecule has 9 heteroatoms. The molecule has 3 aromatic heterocycles. The van der Waals surface area contributed by atoms with E-state index >= 15 is 0 Å². The van der Waals surface area contributed by atoms with Gasteiger partial charge in [-0.1, -0.05) is 79.6 Å². The van der Waals surface area contributed by atoms with Crippen molar-refractivity contribution in [2.75, 3.05) is 0 Å². The highest BCUT2D eigenvalue weighted by Crippen LogP contribution is 2.37. The standard InChI is InChI=1S/C24H38N6O2S/c1-13(2)18-26-21(30-31-18)23(7,8)11-15(5)17-25-22(32-29-17)24(9,10)12-16(6)20-28-27-19(33-20)14(3)4/h13-16H,11-12H2,1-10H3. The van der Waals surface area contributed by atoms with Crippen LogP contribution in [0.15, 0.2) is 9.05 Å². The second-order valence-corrected chi connectivity index (χ2v) is 12.2. The average Bonchev–Trinajstić information content (AvgIpc) is 3.47. The molecule has 0 fully saturated rings. The molecule has 2 unspecified atom stereocenters. The van der Waals surface area contributed by atoms with Gasteiger partial charge in [-0.3, -0.25) is 0 Å².